The van der Waals surface area contributed by atoms with E-state index in [-0.39, 0.29) is 23.0 Å². The van der Waals surface area contributed by atoms with Gasteiger partial charge in [-0.25, -0.2) is 4.39 Å². The molecular weight excluding hydrogens is 399 g/mol. The molecule has 4 saturated carbocycles. The summed E-state index contributed by atoms with van der Waals surface area (Å²) in [6, 6.07) is 11.8. The molecule has 30 heavy (non-hydrogen) atoms. The van der Waals surface area contributed by atoms with Crippen molar-refractivity contribution in [2.45, 2.75) is 55.6 Å². The van der Waals surface area contributed by atoms with Crippen molar-refractivity contribution in [2.24, 2.45) is 17.8 Å². The Bertz CT molecular complexity index is 898. The molecule has 1 amide bonds. The lowest BCUT2D eigenvalue weighted by Gasteiger charge is -2.60. The van der Waals surface area contributed by atoms with E-state index >= 15 is 0 Å². The van der Waals surface area contributed by atoms with Gasteiger partial charge in [-0.3, -0.25) is 4.79 Å². The fraction of sp³-hybridized carbons (Fsp3) is 0.500. The Kier molecular flexibility index (Phi) is 5.21. The zero-order valence-electron chi connectivity index (χ0n) is 17.0. The molecule has 0 saturated heterocycles. The maximum Gasteiger partial charge on any atom is 0.251 e. The predicted octanol–water partition coefficient (Wildman–Crippen LogP) is 4.55. The van der Waals surface area contributed by atoms with E-state index in [0.29, 0.717) is 11.6 Å². The van der Waals surface area contributed by atoms with Crippen LogP contribution in [0.2, 0.25) is 0 Å². The first kappa shape index (κ1) is 19.9. The number of carbonyl (C=O) groups excluding carboxylic acids is 1. The van der Waals surface area contributed by atoms with Gasteiger partial charge in [-0.1, -0.05) is 12.1 Å². The summed E-state index contributed by atoms with van der Waals surface area (Å²) in [7, 11) is 0. The summed E-state index contributed by atoms with van der Waals surface area (Å²) in [5.74, 6) is 2.25. The highest BCUT2D eigenvalue weighted by molar-refractivity contribution is 7.99. The molecule has 0 atom stereocenters. The highest BCUT2D eigenvalue weighted by atomic mass is 32.2. The first-order valence-electron chi connectivity index (χ1n) is 10.9. The van der Waals surface area contributed by atoms with Gasteiger partial charge in [0.1, 0.15) is 5.82 Å². The largest absolute Gasteiger partial charge is 0.618 e. The van der Waals surface area contributed by atoms with Crippen molar-refractivity contribution in [1.29, 1.82) is 0 Å². The molecule has 0 aliphatic heterocycles. The van der Waals surface area contributed by atoms with Gasteiger partial charge in [-0.2, -0.15) is 4.73 Å². The highest BCUT2D eigenvalue weighted by Crippen LogP contribution is 2.58. The van der Waals surface area contributed by atoms with Crippen LogP contribution in [-0.2, 0) is 11.3 Å². The smallest absolute Gasteiger partial charge is 0.251 e. The fourth-order valence-corrected chi connectivity index (χ4v) is 7.22. The summed E-state index contributed by atoms with van der Waals surface area (Å²) in [6.45, 7) is 0.512. The minimum atomic E-state index is -0.258. The van der Waals surface area contributed by atoms with E-state index in [2.05, 4.69) is 4.90 Å². The van der Waals surface area contributed by atoms with Crippen molar-refractivity contribution in [3.63, 3.8) is 0 Å². The lowest BCUT2D eigenvalue weighted by atomic mass is 9.52. The Morgan fingerprint density at radius 2 is 1.70 bits per heavy atom. The Morgan fingerprint density at radius 1 is 1.07 bits per heavy atom. The Morgan fingerprint density at radius 3 is 2.30 bits per heavy atom. The highest BCUT2D eigenvalue weighted by Gasteiger charge is 2.54. The second-order valence-electron chi connectivity index (χ2n) is 9.40. The number of rotatable bonds is 6. The van der Waals surface area contributed by atoms with Gasteiger partial charge in [0.2, 0.25) is 5.91 Å². The molecule has 1 aromatic heterocycles. The lowest BCUT2D eigenvalue weighted by molar-refractivity contribution is -0.645. The average molecular weight is 427 g/mol. The van der Waals surface area contributed by atoms with Crippen LogP contribution in [0.5, 0.6) is 0 Å². The summed E-state index contributed by atoms with van der Waals surface area (Å²) < 4.78 is 14.2. The van der Waals surface area contributed by atoms with E-state index in [9.17, 15) is 14.4 Å². The van der Waals surface area contributed by atoms with Crippen molar-refractivity contribution in [1.82, 2.24) is 4.90 Å². The summed E-state index contributed by atoms with van der Waals surface area (Å²) in [5.41, 5.74) is 0.884. The molecule has 4 aliphatic rings. The molecule has 1 heterocycles. The number of hydrogen-bond donors (Lipinski definition) is 0. The van der Waals surface area contributed by atoms with Crippen LogP contribution in [0.1, 0.15) is 44.1 Å². The van der Waals surface area contributed by atoms with Gasteiger partial charge in [0, 0.05) is 24.2 Å². The molecule has 0 spiro atoms. The van der Waals surface area contributed by atoms with Gasteiger partial charge in [-0.15, -0.1) is 0 Å². The molecule has 6 heteroatoms. The molecule has 4 nitrogen and oxygen atoms in total. The fourth-order valence-electron chi connectivity index (χ4n) is 6.43. The van der Waals surface area contributed by atoms with Crippen LogP contribution < -0.4 is 4.73 Å². The van der Waals surface area contributed by atoms with E-state index in [1.165, 1.54) is 49.4 Å². The zero-order chi connectivity index (χ0) is 20.7. The number of hydrogen-bond acceptors (Lipinski definition) is 3. The second-order valence-corrected chi connectivity index (χ2v) is 10.4. The van der Waals surface area contributed by atoms with Crippen molar-refractivity contribution >= 4 is 17.7 Å². The van der Waals surface area contributed by atoms with Crippen LogP contribution in [0.25, 0.3) is 0 Å². The monoisotopic (exact) mass is 426 g/mol. The van der Waals surface area contributed by atoms with Crippen LogP contribution >= 0.6 is 11.8 Å². The van der Waals surface area contributed by atoms with Gasteiger partial charge < -0.3 is 10.1 Å². The Balaban J connectivity index is 1.40. The van der Waals surface area contributed by atoms with Gasteiger partial charge >= 0.3 is 0 Å². The summed E-state index contributed by atoms with van der Waals surface area (Å²) in [6.07, 6.45) is 8.66. The normalized spacial score (nSPS) is 29.2. The number of pyridine rings is 1. The van der Waals surface area contributed by atoms with Gasteiger partial charge in [0.05, 0.1) is 5.75 Å². The standard InChI is InChI=1S/C24H27FN2O2S/c25-21-6-4-17(5-7-21)15-26(22(28)16-30-23-3-1-2-8-27(23)29)24-12-18-9-19(13-24)11-20(10-18)14-24/h1-8,18-20H,9-16H2. The maximum absolute atomic E-state index is 13.5. The summed E-state index contributed by atoms with van der Waals surface area (Å²) in [4.78, 5) is 15.6. The number of halogens is 1. The quantitative estimate of drug-likeness (QED) is 0.387. The summed E-state index contributed by atoms with van der Waals surface area (Å²) >= 11 is 1.30. The van der Waals surface area contributed by atoms with Crippen LogP contribution in [0.15, 0.2) is 53.7 Å². The minimum Gasteiger partial charge on any atom is -0.618 e. The number of carbonyl (C=O) groups is 1. The van der Waals surface area contributed by atoms with Gasteiger partial charge in [0.15, 0.2) is 6.20 Å². The van der Waals surface area contributed by atoms with Crippen LogP contribution in [0, 0.1) is 28.8 Å². The predicted molar refractivity (Wildman–Crippen MR) is 114 cm³/mol. The number of amides is 1. The number of thioether (sulfide) groups is 1. The third-order valence-electron chi connectivity index (χ3n) is 7.27. The van der Waals surface area contributed by atoms with Crippen molar-refractivity contribution in [3.05, 3.63) is 65.2 Å². The number of nitrogens with zero attached hydrogens (tertiary/aromatic N) is 2. The Labute approximate surface area is 181 Å². The van der Waals surface area contributed by atoms with Crippen LogP contribution in [0.4, 0.5) is 4.39 Å². The van der Waals surface area contributed by atoms with Crippen LogP contribution in [-0.4, -0.2) is 22.1 Å². The third kappa shape index (κ3) is 3.82. The molecule has 0 unspecified atom stereocenters. The zero-order valence-corrected chi connectivity index (χ0v) is 17.8. The van der Waals surface area contributed by atoms with E-state index in [0.717, 1.165) is 47.3 Å². The Hall–Kier alpha value is -2.08. The van der Waals surface area contributed by atoms with Gasteiger partial charge in [0.25, 0.3) is 5.03 Å². The molecule has 158 valence electrons. The van der Waals surface area contributed by atoms with Crippen molar-refractivity contribution in [2.75, 3.05) is 5.75 Å². The topological polar surface area (TPSA) is 47.2 Å². The lowest BCUT2D eigenvalue weighted by Crippen LogP contribution is -2.61. The first-order chi connectivity index (χ1) is 14.5. The van der Waals surface area contributed by atoms with Crippen molar-refractivity contribution < 1.29 is 13.9 Å². The number of benzene rings is 1. The average Bonchev–Trinajstić information content (AvgIpc) is 2.71. The maximum atomic E-state index is 13.5. The molecule has 4 aliphatic carbocycles. The molecule has 0 radical (unpaired) electrons. The molecular formula is C24H27FN2O2S. The van der Waals surface area contributed by atoms with Crippen LogP contribution in [0.3, 0.4) is 0 Å². The molecule has 2 aromatic rings. The molecule has 0 N–H and O–H groups in total. The molecule has 4 bridgehead atoms. The molecule has 6 rings (SSSR count). The molecule has 4 fully saturated rings. The molecule has 1 aromatic carbocycles. The number of aromatic nitrogens is 1. The van der Waals surface area contributed by atoms with E-state index in [1.54, 1.807) is 24.3 Å². The SMILES string of the molecule is O=C(CSc1cccc[n+]1[O-])N(Cc1ccc(F)cc1)C12CC3CC(CC(C3)C1)C2. The van der Waals surface area contributed by atoms with E-state index in [4.69, 9.17) is 0 Å². The van der Waals surface area contributed by atoms with Crippen molar-refractivity contribution in [3.8, 4) is 0 Å². The minimum absolute atomic E-state index is 0.0785. The van der Waals surface area contributed by atoms with E-state index in [1.807, 2.05) is 6.07 Å². The van der Waals surface area contributed by atoms with E-state index < -0.39 is 0 Å². The second kappa shape index (κ2) is 7.88. The third-order valence-corrected chi connectivity index (χ3v) is 8.27. The first-order valence-corrected chi connectivity index (χ1v) is 11.9. The summed E-state index contributed by atoms with van der Waals surface area (Å²) in [5, 5.41) is 12.5. The van der Waals surface area contributed by atoms with Gasteiger partial charge in [-0.05, 0) is 91.8 Å².